The smallest absolute Gasteiger partial charge is 0.294 e. The van der Waals surface area contributed by atoms with Crippen molar-refractivity contribution < 1.29 is 35.5 Å². The van der Waals surface area contributed by atoms with Crippen molar-refractivity contribution in [2.75, 3.05) is 22.2 Å². The lowest BCUT2D eigenvalue weighted by Gasteiger charge is -2.31. The molecule has 0 saturated heterocycles. The quantitative estimate of drug-likeness (QED) is 0.290. The summed E-state index contributed by atoms with van der Waals surface area (Å²) in [6.07, 6.45) is 9.22. The number of hydrazone groups is 1. The Morgan fingerprint density at radius 1 is 1.02 bits per heavy atom. The Hall–Kier alpha value is -4.04. The van der Waals surface area contributed by atoms with Gasteiger partial charge in [-0.25, -0.2) is 0 Å². The molecule has 44 heavy (non-hydrogen) atoms. The van der Waals surface area contributed by atoms with E-state index in [2.05, 4.69) is 18.9 Å². The SMILES string of the molecule is CC1=NN(c2ccc(S(=O)(=O)O)cc2)C(=O)/C1=C1C=C(/C=C/C=C2\Oc3ccccc3N2CCCS(=O)(=O)O)CC(C)(C)C/1. The van der Waals surface area contributed by atoms with Gasteiger partial charge in [0.05, 0.1) is 33.3 Å². The van der Waals surface area contributed by atoms with Crippen LogP contribution in [0.3, 0.4) is 0 Å². The fraction of sp³-hybridized carbons (Fsp3) is 0.290. The van der Waals surface area contributed by atoms with Gasteiger partial charge in [-0.2, -0.15) is 26.9 Å². The van der Waals surface area contributed by atoms with E-state index in [1.54, 1.807) is 13.0 Å². The van der Waals surface area contributed by atoms with Gasteiger partial charge in [0, 0.05) is 6.54 Å². The van der Waals surface area contributed by atoms with Crippen molar-refractivity contribution in [1.29, 1.82) is 0 Å². The zero-order valence-electron chi connectivity index (χ0n) is 24.5. The molecule has 0 radical (unpaired) electrons. The molecule has 0 fully saturated rings. The molecule has 0 saturated carbocycles. The predicted molar refractivity (Wildman–Crippen MR) is 168 cm³/mol. The van der Waals surface area contributed by atoms with Gasteiger partial charge in [0.2, 0.25) is 5.88 Å². The molecule has 0 unspecified atom stereocenters. The fourth-order valence-corrected chi connectivity index (χ4v) is 6.57. The number of rotatable bonds is 8. The standard InChI is InChI=1S/C31H33N3O8S2/c1-21-29(30(35)34(32-21)24-12-14-25(15-13-24)44(39,40)41)23-18-22(19-31(2,3)20-23)8-6-11-28-33(16-7-17-43(36,37)38)26-9-4-5-10-27(26)42-28/h4-6,8-15,18H,7,16-17,19-20H2,1-3H3,(H,36,37,38)(H,39,40,41)/b8-6+,28-11-,29-23-. The molecule has 2 aromatic carbocycles. The molecular weight excluding hydrogens is 606 g/mol. The molecule has 13 heteroatoms. The molecule has 5 rings (SSSR count). The van der Waals surface area contributed by atoms with E-state index in [-0.39, 0.29) is 28.4 Å². The molecule has 11 nitrogen and oxygen atoms in total. The van der Waals surface area contributed by atoms with Gasteiger partial charge in [-0.3, -0.25) is 13.9 Å². The third-order valence-corrected chi connectivity index (χ3v) is 9.07. The van der Waals surface area contributed by atoms with Gasteiger partial charge in [0.25, 0.3) is 26.1 Å². The first-order valence-corrected chi connectivity index (χ1v) is 17.0. The van der Waals surface area contributed by atoms with Crippen LogP contribution in [0.5, 0.6) is 5.75 Å². The molecule has 2 aliphatic heterocycles. The van der Waals surface area contributed by atoms with E-state index in [0.717, 1.165) is 23.3 Å². The largest absolute Gasteiger partial charge is 0.439 e. The number of amides is 1. The summed E-state index contributed by atoms with van der Waals surface area (Å²) in [6.45, 7) is 6.34. The van der Waals surface area contributed by atoms with Gasteiger partial charge in [-0.15, -0.1) is 0 Å². The molecule has 0 aromatic heterocycles. The lowest BCUT2D eigenvalue weighted by molar-refractivity contribution is -0.114. The van der Waals surface area contributed by atoms with E-state index < -0.39 is 20.2 Å². The minimum absolute atomic E-state index is 0.156. The maximum atomic E-state index is 13.5. The Morgan fingerprint density at radius 2 is 1.73 bits per heavy atom. The summed E-state index contributed by atoms with van der Waals surface area (Å²) in [5, 5.41) is 5.67. The highest BCUT2D eigenvalue weighted by Gasteiger charge is 2.35. The number of carbonyl (C=O) groups is 1. The van der Waals surface area contributed by atoms with E-state index in [1.165, 1.54) is 29.3 Å². The number of allylic oxidation sites excluding steroid dienone is 6. The molecule has 2 heterocycles. The minimum Gasteiger partial charge on any atom is -0.439 e. The van der Waals surface area contributed by atoms with Gasteiger partial charge < -0.3 is 9.64 Å². The highest BCUT2D eigenvalue weighted by atomic mass is 32.2. The Balaban J connectivity index is 1.40. The predicted octanol–water partition coefficient (Wildman–Crippen LogP) is 5.27. The normalized spacial score (nSPS) is 21.1. The van der Waals surface area contributed by atoms with Crippen molar-refractivity contribution in [3.8, 4) is 5.75 Å². The van der Waals surface area contributed by atoms with E-state index in [4.69, 9.17) is 9.29 Å². The summed E-state index contributed by atoms with van der Waals surface area (Å²) in [5.74, 6) is 0.490. The second-order valence-corrected chi connectivity index (χ2v) is 14.6. The number of anilines is 2. The van der Waals surface area contributed by atoms with Crippen LogP contribution in [-0.4, -0.2) is 49.9 Å². The highest BCUT2D eigenvalue weighted by molar-refractivity contribution is 7.86. The zero-order valence-corrected chi connectivity index (χ0v) is 26.1. The lowest BCUT2D eigenvalue weighted by atomic mass is 9.73. The zero-order chi connectivity index (χ0) is 31.9. The summed E-state index contributed by atoms with van der Waals surface area (Å²) in [6, 6.07) is 12.7. The molecule has 0 atom stereocenters. The Bertz CT molecular complexity index is 1870. The Labute approximate surface area is 257 Å². The summed E-state index contributed by atoms with van der Waals surface area (Å²) in [4.78, 5) is 15.1. The monoisotopic (exact) mass is 639 g/mol. The van der Waals surface area contributed by atoms with Crippen molar-refractivity contribution >= 4 is 43.2 Å². The van der Waals surface area contributed by atoms with Gasteiger partial charge in [-0.1, -0.05) is 44.2 Å². The van der Waals surface area contributed by atoms with Crippen LogP contribution in [0.25, 0.3) is 0 Å². The molecule has 0 spiro atoms. The second-order valence-electron chi connectivity index (χ2n) is 11.6. The number of benzene rings is 2. The van der Waals surface area contributed by atoms with Crippen LogP contribution in [0.15, 0.2) is 105 Å². The van der Waals surface area contributed by atoms with E-state index >= 15 is 0 Å². The molecule has 1 aliphatic carbocycles. The first kappa shape index (κ1) is 31.4. The molecule has 3 aliphatic rings. The third kappa shape index (κ3) is 7.02. The molecule has 2 aromatic rings. The van der Waals surface area contributed by atoms with Crippen LogP contribution in [0.2, 0.25) is 0 Å². The van der Waals surface area contributed by atoms with Crippen molar-refractivity contribution in [2.24, 2.45) is 10.5 Å². The van der Waals surface area contributed by atoms with Crippen LogP contribution in [0, 0.1) is 5.41 Å². The Morgan fingerprint density at radius 3 is 2.41 bits per heavy atom. The third-order valence-electron chi connectivity index (χ3n) is 7.40. The van der Waals surface area contributed by atoms with E-state index in [0.29, 0.717) is 41.6 Å². The average Bonchev–Trinajstić information content (AvgIpc) is 3.42. The maximum absolute atomic E-state index is 13.5. The van der Waals surface area contributed by atoms with Gasteiger partial charge in [0.1, 0.15) is 0 Å². The minimum atomic E-state index is -4.36. The Kier molecular flexibility index (Phi) is 8.42. The van der Waals surface area contributed by atoms with Gasteiger partial charge >= 0.3 is 0 Å². The van der Waals surface area contributed by atoms with Crippen LogP contribution in [-0.2, 0) is 25.0 Å². The van der Waals surface area contributed by atoms with E-state index in [9.17, 15) is 26.2 Å². The molecule has 232 valence electrons. The first-order chi connectivity index (χ1) is 20.6. The van der Waals surface area contributed by atoms with Crippen LogP contribution >= 0.6 is 0 Å². The van der Waals surface area contributed by atoms with Crippen molar-refractivity contribution in [2.45, 2.75) is 44.9 Å². The summed E-state index contributed by atoms with van der Waals surface area (Å²) < 4.78 is 69.7. The summed E-state index contributed by atoms with van der Waals surface area (Å²) in [5.41, 5.74) is 3.89. The molecular formula is C31H33N3O8S2. The second kappa shape index (κ2) is 11.8. The summed E-state index contributed by atoms with van der Waals surface area (Å²) >= 11 is 0. The number of para-hydroxylation sites is 2. The fourth-order valence-electron chi connectivity index (χ4n) is 5.60. The number of nitrogens with zero attached hydrogens (tertiary/aromatic N) is 3. The molecule has 2 N–H and O–H groups in total. The number of hydrogen-bond acceptors (Lipinski definition) is 8. The molecule has 0 bridgehead atoms. The molecule has 1 amide bonds. The van der Waals surface area contributed by atoms with Crippen LogP contribution in [0.4, 0.5) is 11.4 Å². The van der Waals surface area contributed by atoms with Crippen molar-refractivity contribution in [1.82, 2.24) is 0 Å². The lowest BCUT2D eigenvalue weighted by Crippen LogP contribution is -2.24. The van der Waals surface area contributed by atoms with Gasteiger partial charge in [-0.05, 0) is 85.2 Å². The van der Waals surface area contributed by atoms with Gasteiger partial charge in [0.15, 0.2) is 5.75 Å². The van der Waals surface area contributed by atoms with Crippen LogP contribution < -0.4 is 14.6 Å². The van der Waals surface area contributed by atoms with Crippen LogP contribution in [0.1, 0.15) is 40.0 Å². The number of carbonyl (C=O) groups excluding carboxylic acids is 1. The van der Waals surface area contributed by atoms with Crippen molar-refractivity contribution in [3.63, 3.8) is 0 Å². The number of hydrogen-bond donors (Lipinski definition) is 2. The topological polar surface area (TPSA) is 154 Å². The van der Waals surface area contributed by atoms with Crippen molar-refractivity contribution in [3.05, 3.63) is 95.4 Å². The maximum Gasteiger partial charge on any atom is 0.294 e. The van der Waals surface area contributed by atoms with E-state index in [1.807, 2.05) is 47.4 Å². The number of ether oxygens (including phenoxy) is 1. The summed E-state index contributed by atoms with van der Waals surface area (Å²) in [7, 11) is -8.44. The highest BCUT2D eigenvalue weighted by Crippen LogP contribution is 2.42. The average molecular weight is 640 g/mol. The first-order valence-electron chi connectivity index (χ1n) is 13.9. The number of fused-ring (bicyclic) bond motifs is 1.